The van der Waals surface area contributed by atoms with Gasteiger partial charge in [-0.25, -0.2) is 0 Å². The summed E-state index contributed by atoms with van der Waals surface area (Å²) in [7, 11) is 0. The highest BCUT2D eigenvalue weighted by Gasteiger charge is 2.17. The van der Waals surface area contributed by atoms with Crippen LogP contribution in [0.15, 0.2) is 24.3 Å². The van der Waals surface area contributed by atoms with Crippen molar-refractivity contribution in [3.05, 3.63) is 35.4 Å². The summed E-state index contributed by atoms with van der Waals surface area (Å²) in [4.78, 5) is 4.87. The Bertz CT molecular complexity index is 377. The summed E-state index contributed by atoms with van der Waals surface area (Å²) in [5.41, 5.74) is 2.27. The molecule has 0 amide bonds. The number of rotatable bonds is 4. The van der Waals surface area contributed by atoms with E-state index in [9.17, 15) is 5.11 Å². The molecule has 0 spiro atoms. The molecule has 1 aliphatic rings. The predicted octanol–water partition coefficient (Wildman–Crippen LogP) is 2.06. The number of hydrogen-bond acceptors (Lipinski definition) is 3. The third kappa shape index (κ3) is 4.30. The van der Waals surface area contributed by atoms with E-state index in [1.807, 2.05) is 12.1 Å². The van der Waals surface area contributed by atoms with E-state index >= 15 is 0 Å². The first-order valence-corrected chi connectivity index (χ1v) is 7.38. The minimum Gasteiger partial charge on any atom is -0.387 e. The molecular formula is C16H26N2O. The topological polar surface area (TPSA) is 26.7 Å². The summed E-state index contributed by atoms with van der Waals surface area (Å²) in [5.74, 6) is 0. The maximum Gasteiger partial charge on any atom is 0.0916 e. The summed E-state index contributed by atoms with van der Waals surface area (Å²) in [5, 5.41) is 10.3. The van der Waals surface area contributed by atoms with E-state index in [1.165, 1.54) is 18.5 Å². The fourth-order valence-corrected chi connectivity index (χ4v) is 2.66. The third-order valence-corrected chi connectivity index (χ3v) is 4.02. The fraction of sp³-hybridized carbons (Fsp3) is 0.625. The van der Waals surface area contributed by atoms with Crippen LogP contribution < -0.4 is 0 Å². The monoisotopic (exact) mass is 262 g/mol. The molecule has 0 aliphatic carbocycles. The van der Waals surface area contributed by atoms with Crippen LogP contribution in [-0.2, 0) is 0 Å². The van der Waals surface area contributed by atoms with Gasteiger partial charge in [0.1, 0.15) is 0 Å². The molecule has 1 heterocycles. The Balaban J connectivity index is 1.88. The lowest BCUT2D eigenvalue weighted by molar-refractivity contribution is 0.115. The zero-order valence-corrected chi connectivity index (χ0v) is 12.2. The van der Waals surface area contributed by atoms with Gasteiger partial charge in [-0.3, -0.25) is 4.90 Å². The van der Waals surface area contributed by atoms with Crippen molar-refractivity contribution in [2.24, 2.45) is 0 Å². The third-order valence-electron chi connectivity index (χ3n) is 4.02. The zero-order valence-electron chi connectivity index (χ0n) is 12.2. The lowest BCUT2D eigenvalue weighted by Crippen LogP contribution is -2.33. The highest BCUT2D eigenvalue weighted by Crippen LogP contribution is 2.16. The Labute approximate surface area is 116 Å². The Morgan fingerprint density at radius 3 is 2.37 bits per heavy atom. The van der Waals surface area contributed by atoms with Gasteiger partial charge in [-0.2, -0.15) is 0 Å². The molecule has 1 aromatic carbocycles. The maximum atomic E-state index is 10.3. The highest BCUT2D eigenvalue weighted by atomic mass is 16.3. The minimum atomic E-state index is -0.367. The average Bonchev–Trinajstić information content (AvgIpc) is 2.64. The molecule has 1 fully saturated rings. The van der Waals surface area contributed by atoms with E-state index in [2.05, 4.69) is 35.8 Å². The molecule has 3 nitrogen and oxygen atoms in total. The van der Waals surface area contributed by atoms with E-state index in [0.717, 1.165) is 38.3 Å². The van der Waals surface area contributed by atoms with Crippen LogP contribution in [0.3, 0.4) is 0 Å². The van der Waals surface area contributed by atoms with Crippen LogP contribution in [-0.4, -0.2) is 54.2 Å². The minimum absolute atomic E-state index is 0.367. The van der Waals surface area contributed by atoms with Gasteiger partial charge in [0.25, 0.3) is 0 Å². The smallest absolute Gasteiger partial charge is 0.0916 e. The van der Waals surface area contributed by atoms with Crippen molar-refractivity contribution in [2.45, 2.75) is 26.4 Å². The molecule has 1 aliphatic heterocycles. The van der Waals surface area contributed by atoms with Gasteiger partial charge in [-0.1, -0.05) is 36.8 Å². The summed E-state index contributed by atoms with van der Waals surface area (Å²) in [6.07, 6.45) is 0.836. The van der Waals surface area contributed by atoms with E-state index in [1.54, 1.807) is 0 Å². The van der Waals surface area contributed by atoms with Crippen molar-refractivity contribution in [2.75, 3.05) is 39.3 Å². The summed E-state index contributed by atoms with van der Waals surface area (Å²) < 4.78 is 0. The summed E-state index contributed by atoms with van der Waals surface area (Å²) in [6, 6.07) is 8.21. The number of likely N-dealkylation sites (N-methyl/N-ethyl adjacent to an activating group) is 1. The number of aryl methyl sites for hydroxylation is 1. The molecule has 19 heavy (non-hydrogen) atoms. The van der Waals surface area contributed by atoms with Crippen LogP contribution in [0.25, 0.3) is 0 Å². The number of nitrogens with zero attached hydrogens (tertiary/aromatic N) is 2. The summed E-state index contributed by atoms with van der Waals surface area (Å²) in [6.45, 7) is 10.6. The van der Waals surface area contributed by atoms with E-state index < -0.39 is 0 Å². The van der Waals surface area contributed by atoms with Crippen molar-refractivity contribution >= 4 is 0 Å². The van der Waals surface area contributed by atoms with Crippen LogP contribution in [0, 0.1) is 6.92 Å². The van der Waals surface area contributed by atoms with E-state index in [4.69, 9.17) is 0 Å². The Hall–Kier alpha value is -0.900. The SMILES string of the molecule is CCN1CCCN(CC(O)c2ccc(C)cc2)CC1. The normalized spacial score (nSPS) is 20.2. The van der Waals surface area contributed by atoms with Crippen LogP contribution >= 0.6 is 0 Å². The average molecular weight is 262 g/mol. The van der Waals surface area contributed by atoms with Gasteiger partial charge in [0.05, 0.1) is 6.10 Å². The Morgan fingerprint density at radius 1 is 1.05 bits per heavy atom. The largest absolute Gasteiger partial charge is 0.387 e. The van der Waals surface area contributed by atoms with E-state index in [0.29, 0.717) is 0 Å². The molecule has 3 heteroatoms. The van der Waals surface area contributed by atoms with Gasteiger partial charge in [-0.05, 0) is 38.5 Å². The second-order valence-electron chi connectivity index (χ2n) is 5.51. The first-order chi connectivity index (χ1) is 9.19. The first-order valence-electron chi connectivity index (χ1n) is 7.38. The van der Waals surface area contributed by atoms with Crippen molar-refractivity contribution < 1.29 is 5.11 Å². The number of aliphatic hydroxyl groups excluding tert-OH is 1. The van der Waals surface area contributed by atoms with Crippen LogP contribution in [0.1, 0.15) is 30.6 Å². The first kappa shape index (κ1) is 14.5. The second-order valence-corrected chi connectivity index (χ2v) is 5.51. The van der Waals surface area contributed by atoms with Crippen molar-refractivity contribution in [3.63, 3.8) is 0 Å². The molecule has 106 valence electrons. The second kappa shape index (κ2) is 7.04. The molecule has 0 bridgehead atoms. The Kier molecular flexibility index (Phi) is 5.37. The van der Waals surface area contributed by atoms with Crippen molar-refractivity contribution in [1.82, 2.24) is 9.80 Å². The number of β-amino-alcohol motifs (C(OH)–C–C–N with tert-alkyl or cyclic N) is 1. The van der Waals surface area contributed by atoms with E-state index in [-0.39, 0.29) is 6.10 Å². The molecule has 0 radical (unpaired) electrons. The number of hydrogen-bond donors (Lipinski definition) is 1. The standard InChI is InChI=1S/C16H26N2O/c1-3-17-9-4-10-18(12-11-17)13-16(19)15-7-5-14(2)6-8-15/h5-8,16,19H,3-4,9-13H2,1-2H3. The number of benzene rings is 1. The zero-order chi connectivity index (χ0) is 13.7. The van der Waals surface area contributed by atoms with Gasteiger partial charge >= 0.3 is 0 Å². The quantitative estimate of drug-likeness (QED) is 0.900. The summed E-state index contributed by atoms with van der Waals surface area (Å²) >= 11 is 0. The molecule has 1 atom stereocenters. The van der Waals surface area contributed by atoms with Crippen LogP contribution in [0.4, 0.5) is 0 Å². The van der Waals surface area contributed by atoms with Crippen molar-refractivity contribution in [1.29, 1.82) is 0 Å². The molecule has 1 saturated heterocycles. The van der Waals surface area contributed by atoms with Crippen molar-refractivity contribution in [3.8, 4) is 0 Å². The fourth-order valence-electron chi connectivity index (χ4n) is 2.66. The van der Waals surface area contributed by atoms with Crippen LogP contribution in [0.5, 0.6) is 0 Å². The van der Waals surface area contributed by atoms with Crippen LogP contribution in [0.2, 0.25) is 0 Å². The van der Waals surface area contributed by atoms with Gasteiger partial charge in [0, 0.05) is 19.6 Å². The molecule has 1 N–H and O–H groups in total. The highest BCUT2D eigenvalue weighted by molar-refractivity contribution is 5.23. The predicted molar refractivity (Wildman–Crippen MR) is 79.3 cm³/mol. The molecule has 1 aromatic rings. The van der Waals surface area contributed by atoms with Gasteiger partial charge in [-0.15, -0.1) is 0 Å². The molecular weight excluding hydrogens is 236 g/mol. The molecule has 0 aromatic heterocycles. The Morgan fingerprint density at radius 2 is 1.68 bits per heavy atom. The lowest BCUT2D eigenvalue weighted by Gasteiger charge is -2.24. The molecule has 2 rings (SSSR count). The van der Waals surface area contributed by atoms with Gasteiger partial charge in [0.2, 0.25) is 0 Å². The molecule has 1 unspecified atom stereocenters. The number of aliphatic hydroxyl groups is 1. The maximum absolute atomic E-state index is 10.3. The lowest BCUT2D eigenvalue weighted by atomic mass is 10.1. The molecule has 0 saturated carbocycles. The van der Waals surface area contributed by atoms with Gasteiger partial charge in [0.15, 0.2) is 0 Å². The van der Waals surface area contributed by atoms with Gasteiger partial charge < -0.3 is 10.0 Å².